The fourth-order valence-electron chi connectivity index (χ4n) is 0.898. The third-order valence-electron chi connectivity index (χ3n) is 1.61. The number of hydrogen-bond donors (Lipinski definition) is 1. The highest BCUT2D eigenvalue weighted by atomic mass is 35.5. The summed E-state index contributed by atoms with van der Waals surface area (Å²) < 4.78 is 50.4. The quantitative estimate of drug-likeness (QED) is 0.469. The molecule has 0 unspecified atom stereocenters. The average molecular weight is 228 g/mol. The molecule has 0 atom stereocenters. The van der Waals surface area contributed by atoms with Gasteiger partial charge in [0, 0.05) is 11.3 Å². The lowest BCUT2D eigenvalue weighted by Gasteiger charge is -2.21. The largest absolute Gasteiger partial charge is 0.399 e. The van der Waals surface area contributed by atoms with Crippen molar-refractivity contribution in [3.8, 4) is 0 Å². The van der Waals surface area contributed by atoms with Crippen LogP contribution in [0.2, 0.25) is 0 Å². The van der Waals surface area contributed by atoms with Crippen molar-refractivity contribution >= 4 is 17.3 Å². The Kier molecular flexibility index (Phi) is 2.63. The van der Waals surface area contributed by atoms with E-state index in [4.69, 9.17) is 5.73 Å². The summed E-state index contributed by atoms with van der Waals surface area (Å²) >= 11 is 4.29. The van der Waals surface area contributed by atoms with Crippen molar-refractivity contribution in [1.82, 2.24) is 0 Å². The fraction of sp³-hybridized carbons (Fsp3) is 0.250. The molecule has 0 heterocycles. The number of halogens is 5. The molecule has 0 aliphatic heterocycles. The van der Waals surface area contributed by atoms with Gasteiger partial charge in [0.05, 0.1) is 0 Å². The van der Waals surface area contributed by atoms with Crippen molar-refractivity contribution in [2.45, 2.75) is 11.3 Å². The van der Waals surface area contributed by atoms with Crippen molar-refractivity contribution < 1.29 is 17.6 Å². The van der Waals surface area contributed by atoms with E-state index in [9.17, 15) is 17.6 Å². The molecular weight excluding hydrogens is 222 g/mol. The summed E-state index contributed by atoms with van der Waals surface area (Å²) in [6.07, 6.45) is 0. The molecule has 1 nitrogen and oxygen atoms in total. The van der Waals surface area contributed by atoms with Crippen LogP contribution in [-0.2, 0) is 5.92 Å². The zero-order valence-corrected chi connectivity index (χ0v) is 7.53. The molecule has 0 radical (unpaired) electrons. The summed E-state index contributed by atoms with van der Waals surface area (Å²) in [5.74, 6) is -4.43. The predicted octanol–water partition coefficient (Wildman–Crippen LogP) is 3.19. The van der Waals surface area contributed by atoms with E-state index in [0.29, 0.717) is 0 Å². The van der Waals surface area contributed by atoms with Crippen LogP contribution in [-0.4, -0.2) is 5.38 Å². The molecule has 0 saturated carbocycles. The van der Waals surface area contributed by atoms with Gasteiger partial charge in [0.2, 0.25) is 0 Å². The topological polar surface area (TPSA) is 26.0 Å². The van der Waals surface area contributed by atoms with Crippen molar-refractivity contribution in [2.24, 2.45) is 0 Å². The van der Waals surface area contributed by atoms with E-state index >= 15 is 0 Å². The van der Waals surface area contributed by atoms with Gasteiger partial charge < -0.3 is 5.73 Å². The molecule has 0 bridgehead atoms. The van der Waals surface area contributed by atoms with Crippen molar-refractivity contribution in [3.05, 3.63) is 29.8 Å². The maximum absolute atomic E-state index is 12.9. The van der Waals surface area contributed by atoms with Gasteiger partial charge in [-0.3, -0.25) is 0 Å². The van der Waals surface area contributed by atoms with Crippen LogP contribution in [0.4, 0.5) is 23.2 Å². The molecule has 0 aromatic heterocycles. The number of anilines is 1. The van der Waals surface area contributed by atoms with Gasteiger partial charge in [-0.2, -0.15) is 17.6 Å². The molecule has 0 saturated heterocycles. The van der Waals surface area contributed by atoms with Gasteiger partial charge in [-0.05, 0) is 23.7 Å². The van der Waals surface area contributed by atoms with Crippen LogP contribution < -0.4 is 5.73 Å². The molecule has 0 aliphatic rings. The Morgan fingerprint density at radius 2 is 1.71 bits per heavy atom. The monoisotopic (exact) mass is 227 g/mol. The molecule has 0 fully saturated rings. The molecular formula is C8H6ClF4N. The molecule has 14 heavy (non-hydrogen) atoms. The highest BCUT2D eigenvalue weighted by Crippen LogP contribution is 2.45. The second kappa shape index (κ2) is 3.31. The Labute approximate surface area is 82.5 Å². The lowest BCUT2D eigenvalue weighted by Crippen LogP contribution is -2.32. The van der Waals surface area contributed by atoms with Gasteiger partial charge in [0.25, 0.3) is 0 Å². The highest BCUT2D eigenvalue weighted by Gasteiger charge is 2.56. The van der Waals surface area contributed by atoms with Crippen LogP contribution in [0.5, 0.6) is 0 Å². The van der Waals surface area contributed by atoms with Crippen LogP contribution in [0, 0.1) is 0 Å². The molecule has 6 heteroatoms. The van der Waals surface area contributed by atoms with Crippen LogP contribution in [0.15, 0.2) is 24.3 Å². The predicted molar refractivity (Wildman–Crippen MR) is 45.5 cm³/mol. The minimum atomic E-state index is -4.62. The summed E-state index contributed by atoms with van der Waals surface area (Å²) in [4.78, 5) is 0. The SMILES string of the molecule is Nc1cccc(C(F)(F)C(F)(F)Cl)c1. The zero-order chi connectivity index (χ0) is 11.0. The van der Waals surface area contributed by atoms with Gasteiger partial charge in [-0.15, -0.1) is 0 Å². The first-order valence-electron chi connectivity index (χ1n) is 3.55. The van der Waals surface area contributed by atoms with E-state index in [2.05, 4.69) is 11.6 Å². The Morgan fingerprint density at radius 1 is 1.14 bits per heavy atom. The maximum Gasteiger partial charge on any atom is 0.388 e. The van der Waals surface area contributed by atoms with Gasteiger partial charge in [0.1, 0.15) is 0 Å². The van der Waals surface area contributed by atoms with E-state index in [1.54, 1.807) is 0 Å². The Bertz CT molecular complexity index is 334. The fourth-order valence-corrected chi connectivity index (χ4v) is 1.01. The Hall–Kier alpha value is -0.970. The van der Waals surface area contributed by atoms with Crippen molar-refractivity contribution in [2.75, 3.05) is 5.73 Å². The van der Waals surface area contributed by atoms with Crippen LogP contribution >= 0.6 is 11.6 Å². The van der Waals surface area contributed by atoms with Crippen LogP contribution in [0.1, 0.15) is 5.56 Å². The first-order chi connectivity index (χ1) is 6.25. The molecule has 1 aromatic carbocycles. The smallest absolute Gasteiger partial charge is 0.388 e. The van der Waals surface area contributed by atoms with Gasteiger partial charge >= 0.3 is 11.3 Å². The molecule has 0 aliphatic carbocycles. The zero-order valence-electron chi connectivity index (χ0n) is 6.78. The van der Waals surface area contributed by atoms with Crippen molar-refractivity contribution in [3.63, 3.8) is 0 Å². The number of alkyl halides is 5. The van der Waals surface area contributed by atoms with Crippen LogP contribution in [0.3, 0.4) is 0 Å². The number of hydrogen-bond acceptors (Lipinski definition) is 1. The molecule has 0 spiro atoms. The van der Waals surface area contributed by atoms with E-state index in [1.807, 2.05) is 0 Å². The molecule has 0 amide bonds. The maximum atomic E-state index is 12.9. The summed E-state index contributed by atoms with van der Waals surface area (Å²) in [5, 5.41) is -4.62. The Balaban J connectivity index is 3.16. The molecule has 1 rings (SSSR count). The van der Waals surface area contributed by atoms with Crippen molar-refractivity contribution in [1.29, 1.82) is 0 Å². The standard InChI is InChI=1S/C8H6ClF4N/c9-8(12,13)7(10,11)5-2-1-3-6(14)4-5/h1-4H,14H2. The summed E-state index contributed by atoms with van der Waals surface area (Å²) in [6, 6.07) is 4.07. The second-order valence-corrected chi connectivity index (χ2v) is 3.17. The van der Waals surface area contributed by atoms with Gasteiger partial charge in [0.15, 0.2) is 0 Å². The molecule has 1 aromatic rings. The lowest BCUT2D eigenvalue weighted by atomic mass is 10.1. The van der Waals surface area contributed by atoms with E-state index < -0.39 is 16.9 Å². The lowest BCUT2D eigenvalue weighted by molar-refractivity contribution is -0.164. The second-order valence-electron chi connectivity index (χ2n) is 2.70. The molecule has 78 valence electrons. The first kappa shape index (κ1) is 11.1. The summed E-state index contributed by atoms with van der Waals surface area (Å²) in [6.45, 7) is 0. The summed E-state index contributed by atoms with van der Waals surface area (Å²) in [7, 11) is 0. The van der Waals surface area contributed by atoms with Gasteiger partial charge in [-0.1, -0.05) is 12.1 Å². The third-order valence-corrected chi connectivity index (χ3v) is 1.84. The molecule has 2 N–H and O–H groups in total. The Morgan fingerprint density at radius 3 is 2.14 bits per heavy atom. The average Bonchev–Trinajstić information content (AvgIpc) is 2.02. The number of nitrogen functional groups attached to an aromatic ring is 1. The van der Waals surface area contributed by atoms with Crippen LogP contribution in [0.25, 0.3) is 0 Å². The van der Waals surface area contributed by atoms with Gasteiger partial charge in [-0.25, -0.2) is 0 Å². The van der Waals surface area contributed by atoms with E-state index in [0.717, 1.165) is 18.2 Å². The number of nitrogens with two attached hydrogens (primary N) is 1. The van der Waals surface area contributed by atoms with E-state index in [1.165, 1.54) is 6.07 Å². The minimum Gasteiger partial charge on any atom is -0.399 e. The van der Waals surface area contributed by atoms with E-state index in [-0.39, 0.29) is 5.69 Å². The number of rotatable bonds is 2. The minimum absolute atomic E-state index is 0.0249. The number of benzene rings is 1. The summed E-state index contributed by atoms with van der Waals surface area (Å²) in [5.41, 5.74) is 4.25. The normalized spacial score (nSPS) is 12.9. The highest BCUT2D eigenvalue weighted by molar-refractivity contribution is 6.22. The third kappa shape index (κ3) is 1.92. The first-order valence-corrected chi connectivity index (χ1v) is 3.93.